The summed E-state index contributed by atoms with van der Waals surface area (Å²) in [4.78, 5) is 14.5. The number of likely N-dealkylation sites (tertiary alicyclic amines) is 1. The largest absolute Gasteiger partial charge is 0.409 e. The lowest BCUT2D eigenvalue weighted by Gasteiger charge is -2.40. The molecule has 114 valence electrons. The van der Waals surface area contributed by atoms with Gasteiger partial charge in [0, 0.05) is 23.7 Å². The normalized spacial score (nSPS) is 19.2. The zero-order valence-electron chi connectivity index (χ0n) is 11.8. The lowest BCUT2D eigenvalue weighted by molar-refractivity contribution is 0.0886. The molecular weight excluding hydrogens is 292 g/mol. The minimum absolute atomic E-state index is 0.0333. The molecule has 1 aliphatic heterocycles. The van der Waals surface area contributed by atoms with E-state index in [1.54, 1.807) is 24.3 Å². The van der Waals surface area contributed by atoms with Gasteiger partial charge in [0.05, 0.1) is 0 Å². The topological polar surface area (TPSA) is 91.0 Å². The van der Waals surface area contributed by atoms with Gasteiger partial charge in [-0.15, -0.1) is 0 Å². The smallest absolute Gasteiger partial charge is 0.252 e. The summed E-state index contributed by atoms with van der Waals surface area (Å²) in [5, 5.41) is 15.5. The van der Waals surface area contributed by atoms with E-state index in [0.29, 0.717) is 23.4 Å². The van der Waals surface area contributed by atoms with Gasteiger partial charge in [0.15, 0.2) is 5.84 Å². The Morgan fingerprint density at radius 2 is 2.14 bits per heavy atom. The lowest BCUT2D eigenvalue weighted by Crippen LogP contribution is -2.62. The van der Waals surface area contributed by atoms with E-state index < -0.39 is 5.54 Å². The van der Waals surface area contributed by atoms with Gasteiger partial charge in [-0.25, -0.2) is 0 Å². The maximum Gasteiger partial charge on any atom is 0.252 e. The van der Waals surface area contributed by atoms with E-state index in [2.05, 4.69) is 15.4 Å². The van der Waals surface area contributed by atoms with Crippen molar-refractivity contribution in [3.8, 4) is 0 Å². The van der Waals surface area contributed by atoms with E-state index in [9.17, 15) is 4.79 Å². The number of oxime groups is 1. The summed E-state index contributed by atoms with van der Waals surface area (Å²) in [6.45, 7) is 1.51. The molecule has 1 heterocycles. The number of carbonyl (C=O) groups is 1. The summed E-state index contributed by atoms with van der Waals surface area (Å²) in [5.41, 5.74) is 5.46. The number of hydrogen-bond donors (Lipinski definition) is 3. The molecule has 1 aromatic carbocycles. The first-order chi connectivity index (χ1) is 9.97. The predicted octanol–water partition coefficient (Wildman–Crippen LogP) is 1.28. The zero-order chi connectivity index (χ0) is 15.5. The van der Waals surface area contributed by atoms with Crippen molar-refractivity contribution in [2.45, 2.75) is 18.4 Å². The van der Waals surface area contributed by atoms with Gasteiger partial charge in [-0.3, -0.25) is 4.79 Å². The highest BCUT2D eigenvalue weighted by Gasteiger charge is 2.39. The molecule has 0 radical (unpaired) electrons. The van der Waals surface area contributed by atoms with E-state index >= 15 is 0 Å². The van der Waals surface area contributed by atoms with Crippen LogP contribution in [0.2, 0.25) is 5.02 Å². The van der Waals surface area contributed by atoms with Crippen molar-refractivity contribution in [2.75, 3.05) is 20.1 Å². The molecule has 0 aromatic heterocycles. The molecule has 6 nitrogen and oxygen atoms in total. The Morgan fingerprint density at radius 1 is 1.48 bits per heavy atom. The highest BCUT2D eigenvalue weighted by atomic mass is 35.5. The highest BCUT2D eigenvalue weighted by Crippen LogP contribution is 2.23. The fourth-order valence-electron chi connectivity index (χ4n) is 2.46. The molecule has 1 saturated heterocycles. The summed E-state index contributed by atoms with van der Waals surface area (Å²) in [5.74, 6) is -0.250. The second kappa shape index (κ2) is 6.32. The molecule has 0 spiro atoms. The standard InChI is InChI=1S/C14H19ClN4O2/c1-19-7-5-14(6-8-19,13(16)18-21)17-12(20)10-3-2-4-11(15)9-10/h2-4,9,21H,5-8H2,1H3,(H2,16,18)(H,17,20). The van der Waals surface area contributed by atoms with E-state index in [4.69, 9.17) is 22.5 Å². The number of rotatable bonds is 3. The summed E-state index contributed by atoms with van der Waals surface area (Å²) >= 11 is 5.90. The number of hydrogen-bond acceptors (Lipinski definition) is 4. The summed E-state index contributed by atoms with van der Waals surface area (Å²) in [7, 11) is 2.00. The molecule has 1 amide bonds. The molecule has 0 atom stereocenters. The third-order valence-electron chi connectivity index (χ3n) is 3.88. The minimum atomic E-state index is -0.819. The molecule has 0 unspecified atom stereocenters. The SMILES string of the molecule is CN1CCC(NC(=O)c2cccc(Cl)c2)(/C(N)=N/O)CC1. The number of nitrogens with two attached hydrogens (primary N) is 1. The van der Waals surface area contributed by atoms with Crippen LogP contribution in [-0.2, 0) is 0 Å². The Kier molecular flexibility index (Phi) is 4.69. The average molecular weight is 311 g/mol. The zero-order valence-corrected chi connectivity index (χ0v) is 12.6. The second-order valence-electron chi connectivity index (χ2n) is 5.34. The first-order valence-electron chi connectivity index (χ1n) is 6.71. The van der Waals surface area contributed by atoms with Gasteiger partial charge < -0.3 is 21.2 Å². The molecule has 1 aromatic rings. The van der Waals surface area contributed by atoms with Crippen LogP contribution in [-0.4, -0.2) is 47.5 Å². The summed E-state index contributed by atoms with van der Waals surface area (Å²) in [6.07, 6.45) is 1.18. The van der Waals surface area contributed by atoms with Crippen LogP contribution in [0.15, 0.2) is 29.4 Å². The number of amidine groups is 1. The molecule has 0 bridgehead atoms. The monoisotopic (exact) mass is 310 g/mol. The lowest BCUT2D eigenvalue weighted by atomic mass is 9.86. The van der Waals surface area contributed by atoms with Crippen LogP contribution in [0.1, 0.15) is 23.2 Å². The van der Waals surface area contributed by atoms with E-state index in [0.717, 1.165) is 13.1 Å². The van der Waals surface area contributed by atoms with E-state index in [1.165, 1.54) is 0 Å². The Bertz CT molecular complexity index is 554. The molecule has 4 N–H and O–H groups in total. The van der Waals surface area contributed by atoms with E-state index in [-0.39, 0.29) is 11.7 Å². The Hall–Kier alpha value is -1.79. The molecular formula is C14H19ClN4O2. The molecule has 2 rings (SSSR count). The molecule has 1 aliphatic rings. The quantitative estimate of drug-likeness (QED) is 0.339. The van der Waals surface area contributed by atoms with Gasteiger partial charge in [0.25, 0.3) is 5.91 Å². The van der Waals surface area contributed by atoms with Crippen molar-refractivity contribution in [3.05, 3.63) is 34.9 Å². The van der Waals surface area contributed by atoms with Crippen LogP contribution in [0.5, 0.6) is 0 Å². The third kappa shape index (κ3) is 3.46. The number of benzene rings is 1. The maximum atomic E-state index is 12.4. The fraction of sp³-hybridized carbons (Fsp3) is 0.429. The Labute approximate surface area is 128 Å². The van der Waals surface area contributed by atoms with Crippen LogP contribution in [0.3, 0.4) is 0 Å². The van der Waals surface area contributed by atoms with Crippen molar-refractivity contribution >= 4 is 23.3 Å². The van der Waals surface area contributed by atoms with Gasteiger partial charge in [0.2, 0.25) is 0 Å². The predicted molar refractivity (Wildman–Crippen MR) is 81.8 cm³/mol. The highest BCUT2D eigenvalue weighted by molar-refractivity contribution is 6.31. The van der Waals surface area contributed by atoms with Gasteiger partial charge in [0.1, 0.15) is 5.54 Å². The van der Waals surface area contributed by atoms with Crippen molar-refractivity contribution in [1.82, 2.24) is 10.2 Å². The van der Waals surface area contributed by atoms with Crippen LogP contribution in [0.25, 0.3) is 0 Å². The van der Waals surface area contributed by atoms with Gasteiger partial charge in [-0.2, -0.15) is 0 Å². The van der Waals surface area contributed by atoms with Crippen molar-refractivity contribution in [3.63, 3.8) is 0 Å². The van der Waals surface area contributed by atoms with Crippen LogP contribution in [0.4, 0.5) is 0 Å². The molecule has 21 heavy (non-hydrogen) atoms. The number of piperidine rings is 1. The number of amides is 1. The van der Waals surface area contributed by atoms with Crippen LogP contribution < -0.4 is 11.1 Å². The first kappa shape index (κ1) is 15.6. The molecule has 1 fully saturated rings. The third-order valence-corrected chi connectivity index (χ3v) is 4.11. The van der Waals surface area contributed by atoms with Crippen molar-refractivity contribution < 1.29 is 10.0 Å². The molecule has 7 heteroatoms. The Morgan fingerprint density at radius 3 is 2.71 bits per heavy atom. The van der Waals surface area contributed by atoms with Crippen LogP contribution >= 0.6 is 11.6 Å². The number of nitrogens with zero attached hydrogens (tertiary/aromatic N) is 2. The molecule has 0 saturated carbocycles. The first-order valence-corrected chi connectivity index (χ1v) is 7.09. The second-order valence-corrected chi connectivity index (χ2v) is 5.77. The fourth-order valence-corrected chi connectivity index (χ4v) is 2.65. The average Bonchev–Trinajstić information content (AvgIpc) is 2.49. The van der Waals surface area contributed by atoms with Crippen molar-refractivity contribution in [1.29, 1.82) is 0 Å². The summed E-state index contributed by atoms with van der Waals surface area (Å²) < 4.78 is 0. The number of nitrogens with one attached hydrogen (secondary N) is 1. The van der Waals surface area contributed by atoms with Gasteiger partial charge >= 0.3 is 0 Å². The van der Waals surface area contributed by atoms with Crippen LogP contribution in [0, 0.1) is 0 Å². The van der Waals surface area contributed by atoms with E-state index in [1.807, 2.05) is 7.05 Å². The Balaban J connectivity index is 2.21. The number of carbonyl (C=O) groups excluding carboxylic acids is 1. The maximum absolute atomic E-state index is 12.4. The van der Waals surface area contributed by atoms with Crippen molar-refractivity contribution in [2.24, 2.45) is 10.9 Å². The number of halogens is 1. The minimum Gasteiger partial charge on any atom is -0.409 e. The van der Waals surface area contributed by atoms with Gasteiger partial charge in [-0.05, 0) is 38.1 Å². The molecule has 0 aliphatic carbocycles. The van der Waals surface area contributed by atoms with Gasteiger partial charge in [-0.1, -0.05) is 22.8 Å². The summed E-state index contributed by atoms with van der Waals surface area (Å²) in [6, 6.07) is 6.68.